The Kier molecular flexibility index (Phi) is 4.47. The molecule has 0 unspecified atom stereocenters. The van der Waals surface area contributed by atoms with E-state index in [4.69, 9.17) is 10.8 Å². The fraction of sp³-hybridized carbons (Fsp3) is 0.600. The third kappa shape index (κ3) is 4.74. The van der Waals surface area contributed by atoms with Crippen molar-refractivity contribution >= 4 is 22.3 Å². The van der Waals surface area contributed by atoms with Gasteiger partial charge < -0.3 is 15.0 Å². The number of aliphatic carboxylic acids is 1. The molecule has 14 heavy (non-hydrogen) atoms. The third-order valence-electron chi connectivity index (χ3n) is 1.09. The van der Waals surface area contributed by atoms with Crippen LogP contribution in [0.1, 0.15) is 6.42 Å². The van der Waals surface area contributed by atoms with Gasteiger partial charge in [-0.2, -0.15) is 8.42 Å². The number of carboxylic acids is 1. The van der Waals surface area contributed by atoms with Crippen molar-refractivity contribution in [2.24, 2.45) is 5.73 Å². The van der Waals surface area contributed by atoms with Gasteiger partial charge in [-0.15, -0.1) is 0 Å². The first-order valence-corrected chi connectivity index (χ1v) is 4.63. The van der Waals surface area contributed by atoms with Gasteiger partial charge in [0, 0.05) is 0 Å². The molecule has 0 radical (unpaired) electrons. The molecule has 0 aromatic rings. The summed E-state index contributed by atoms with van der Waals surface area (Å²) in [5.74, 6) is -2.72. The van der Waals surface area contributed by atoms with Crippen LogP contribution in [0.15, 0.2) is 0 Å². The second-order valence-corrected chi connectivity index (χ2v) is 3.50. The maximum atomic E-state index is 10.8. The van der Waals surface area contributed by atoms with Crippen molar-refractivity contribution in [2.45, 2.75) is 12.5 Å². The number of hydrogen-bond donors (Lipinski definition) is 2. The molecule has 0 heterocycles. The highest BCUT2D eigenvalue weighted by Crippen LogP contribution is 1.99. The van der Waals surface area contributed by atoms with Gasteiger partial charge in [-0.25, -0.2) is 8.98 Å². The van der Waals surface area contributed by atoms with Crippen LogP contribution in [-0.2, 0) is 28.4 Å². The van der Waals surface area contributed by atoms with Crippen LogP contribution in [0.2, 0.25) is 0 Å². The molecule has 0 aliphatic carbocycles. The fourth-order valence-corrected chi connectivity index (χ4v) is 0.861. The van der Waals surface area contributed by atoms with Crippen LogP contribution in [0, 0.1) is 0 Å². The zero-order valence-electron chi connectivity index (χ0n) is 7.17. The molecule has 8 nitrogen and oxygen atoms in total. The van der Waals surface area contributed by atoms with E-state index in [-0.39, 0.29) is 0 Å². The lowest BCUT2D eigenvalue weighted by atomic mass is 10.2. The molecule has 0 aliphatic rings. The highest BCUT2D eigenvalue weighted by atomic mass is 32.3. The molecule has 82 valence electrons. The fourth-order valence-electron chi connectivity index (χ4n) is 0.468. The Labute approximate surface area is 79.9 Å². The van der Waals surface area contributed by atoms with Crippen molar-refractivity contribution in [2.75, 3.05) is 7.11 Å². The molecular formula is C5H9NO7S. The van der Waals surface area contributed by atoms with Crippen LogP contribution in [0.4, 0.5) is 0 Å². The van der Waals surface area contributed by atoms with Gasteiger partial charge in [0.25, 0.3) is 0 Å². The first-order valence-electron chi connectivity index (χ1n) is 3.29. The molecule has 0 aromatic carbocycles. The monoisotopic (exact) mass is 227 g/mol. The highest BCUT2D eigenvalue weighted by Gasteiger charge is 2.24. The second-order valence-electron chi connectivity index (χ2n) is 2.18. The molecule has 0 aromatic heterocycles. The van der Waals surface area contributed by atoms with Crippen LogP contribution >= 0.6 is 0 Å². The molecule has 0 bridgehead atoms. The van der Waals surface area contributed by atoms with Crippen molar-refractivity contribution in [1.82, 2.24) is 0 Å². The second kappa shape index (κ2) is 4.88. The minimum absolute atomic E-state index is 0.724. The Morgan fingerprint density at radius 2 is 2.00 bits per heavy atom. The molecule has 0 saturated carbocycles. The quantitative estimate of drug-likeness (QED) is 0.563. The number of nitrogens with two attached hydrogens (primary N) is 1. The zero-order chi connectivity index (χ0) is 11.4. The lowest BCUT2D eigenvalue weighted by Gasteiger charge is -2.07. The van der Waals surface area contributed by atoms with E-state index >= 15 is 0 Å². The maximum absolute atomic E-state index is 10.8. The summed E-state index contributed by atoms with van der Waals surface area (Å²) < 4.78 is 28.6. The first-order chi connectivity index (χ1) is 6.28. The zero-order valence-corrected chi connectivity index (χ0v) is 7.98. The average molecular weight is 227 g/mol. The van der Waals surface area contributed by atoms with Crippen LogP contribution in [0.3, 0.4) is 0 Å². The van der Waals surface area contributed by atoms with Crippen LogP contribution in [0.5, 0.6) is 0 Å². The molecule has 0 saturated heterocycles. The average Bonchev–Trinajstić information content (AvgIpc) is 2.02. The molecular weight excluding hydrogens is 218 g/mol. The van der Waals surface area contributed by atoms with Gasteiger partial charge in [-0.3, -0.25) is 4.79 Å². The van der Waals surface area contributed by atoms with Crippen molar-refractivity contribution in [3.8, 4) is 0 Å². The van der Waals surface area contributed by atoms with E-state index in [1.54, 1.807) is 0 Å². The van der Waals surface area contributed by atoms with Gasteiger partial charge in [0.2, 0.25) is 0 Å². The number of carbonyl (C=O) groups is 2. The van der Waals surface area contributed by atoms with Crippen molar-refractivity contribution in [3.63, 3.8) is 0 Å². The molecule has 1 atom stereocenters. The van der Waals surface area contributed by atoms with Gasteiger partial charge in [0.15, 0.2) is 0 Å². The van der Waals surface area contributed by atoms with Gasteiger partial charge in [-0.05, 0) is 0 Å². The summed E-state index contributed by atoms with van der Waals surface area (Å²) in [6.07, 6.45) is -0.724. The smallest absolute Gasteiger partial charge is 0.451 e. The van der Waals surface area contributed by atoms with E-state index in [0.717, 1.165) is 7.11 Å². The number of hydrogen-bond acceptors (Lipinski definition) is 7. The van der Waals surface area contributed by atoms with Gasteiger partial charge in [-0.1, -0.05) is 0 Å². The highest BCUT2D eigenvalue weighted by molar-refractivity contribution is 7.82. The summed E-state index contributed by atoms with van der Waals surface area (Å²) in [5, 5.41) is 8.22. The van der Waals surface area contributed by atoms with E-state index in [1.165, 1.54) is 0 Å². The minimum atomic E-state index is -4.42. The molecule has 3 N–H and O–H groups in total. The third-order valence-corrected chi connectivity index (χ3v) is 1.86. The Morgan fingerprint density at radius 1 is 1.50 bits per heavy atom. The van der Waals surface area contributed by atoms with E-state index in [0.29, 0.717) is 0 Å². The first kappa shape index (κ1) is 12.8. The van der Waals surface area contributed by atoms with Gasteiger partial charge >= 0.3 is 22.3 Å². The lowest BCUT2D eigenvalue weighted by Crippen LogP contribution is -2.35. The van der Waals surface area contributed by atoms with Crippen LogP contribution in [0.25, 0.3) is 0 Å². The molecule has 0 aliphatic heterocycles. The lowest BCUT2D eigenvalue weighted by molar-refractivity contribution is -0.143. The molecule has 0 rings (SSSR count). The standard InChI is InChI=1S/C5H9NO7S/c1-12-14(10,11)13-5(9)3(6)2-4(7)8/h3H,2,6H2,1H3,(H,7,8)/t3-/m0/s1. The summed E-state index contributed by atoms with van der Waals surface area (Å²) in [6, 6.07) is -1.54. The normalized spacial score (nSPS) is 13.3. The number of carboxylic acid groups (broad SMARTS) is 1. The van der Waals surface area contributed by atoms with Crippen molar-refractivity contribution in [3.05, 3.63) is 0 Å². The largest absolute Gasteiger partial charge is 0.481 e. The summed E-state index contributed by atoms with van der Waals surface area (Å²) in [7, 11) is -3.64. The molecule has 0 fully saturated rings. The Hall–Kier alpha value is -1.19. The maximum Gasteiger partial charge on any atom is 0.451 e. The predicted molar refractivity (Wildman–Crippen MR) is 42.2 cm³/mol. The van der Waals surface area contributed by atoms with E-state index in [9.17, 15) is 18.0 Å². The topological polar surface area (TPSA) is 133 Å². The van der Waals surface area contributed by atoms with E-state index in [1.807, 2.05) is 0 Å². The molecule has 0 spiro atoms. The predicted octanol–water partition coefficient (Wildman–Crippen LogP) is -1.78. The molecule has 0 amide bonds. The Balaban J connectivity index is 4.29. The Morgan fingerprint density at radius 3 is 2.36 bits per heavy atom. The molecule has 9 heteroatoms. The van der Waals surface area contributed by atoms with E-state index in [2.05, 4.69) is 8.37 Å². The van der Waals surface area contributed by atoms with Crippen molar-refractivity contribution in [1.29, 1.82) is 0 Å². The van der Waals surface area contributed by atoms with Crippen LogP contribution < -0.4 is 5.73 Å². The minimum Gasteiger partial charge on any atom is -0.481 e. The van der Waals surface area contributed by atoms with Gasteiger partial charge in [0.05, 0.1) is 13.5 Å². The van der Waals surface area contributed by atoms with Crippen molar-refractivity contribution < 1.29 is 31.5 Å². The Bertz CT molecular complexity index is 321. The van der Waals surface area contributed by atoms with E-state index < -0.39 is 34.8 Å². The van der Waals surface area contributed by atoms with Crippen LogP contribution in [-0.4, -0.2) is 38.6 Å². The summed E-state index contributed by atoms with van der Waals surface area (Å²) in [4.78, 5) is 20.9. The summed E-state index contributed by atoms with van der Waals surface area (Å²) in [6.45, 7) is 0. The SMILES string of the molecule is COS(=O)(=O)OC(=O)[C@@H](N)CC(=O)O. The van der Waals surface area contributed by atoms with Gasteiger partial charge in [0.1, 0.15) is 6.04 Å². The number of carbonyl (C=O) groups excluding carboxylic acids is 1. The number of rotatable bonds is 5. The summed E-state index contributed by atoms with van der Waals surface area (Å²) >= 11 is 0. The summed E-state index contributed by atoms with van der Waals surface area (Å²) in [5.41, 5.74) is 5.00.